The Morgan fingerprint density at radius 1 is 1.16 bits per heavy atom. The predicted octanol–water partition coefficient (Wildman–Crippen LogP) is 2.45. The Morgan fingerprint density at radius 2 is 1.92 bits per heavy atom. The molecule has 1 aliphatic heterocycles. The van der Waals surface area contributed by atoms with Gasteiger partial charge >= 0.3 is 0 Å². The second-order valence-electron chi connectivity index (χ2n) is 9.15. The molecule has 1 aromatic heterocycles. The zero-order chi connectivity index (χ0) is 17.6. The molecule has 2 saturated carbocycles. The second kappa shape index (κ2) is 6.38. The van der Waals surface area contributed by atoms with Gasteiger partial charge in [0.1, 0.15) is 0 Å². The fraction of sp³-hybridized carbons (Fsp3) is 0.842. The van der Waals surface area contributed by atoms with Gasteiger partial charge in [0, 0.05) is 37.5 Å². The van der Waals surface area contributed by atoms with Crippen molar-refractivity contribution in [1.82, 2.24) is 19.9 Å². The first-order chi connectivity index (χ1) is 11.9. The monoisotopic (exact) mass is 346 g/mol. The number of fused-ring (bicyclic) bond motifs is 2. The Bertz CT molecular complexity index is 628. The third-order valence-electron chi connectivity index (χ3n) is 6.21. The van der Waals surface area contributed by atoms with E-state index in [9.17, 15) is 4.79 Å². The van der Waals surface area contributed by atoms with Crippen LogP contribution in [-0.2, 0) is 16.8 Å². The SMILES string of the molecule is CC(C)(C)c1nc(CN2CCN(C(=O)[C@@H]3C[C@H]4CC[C@H]3C4)CC2)no1. The van der Waals surface area contributed by atoms with E-state index < -0.39 is 0 Å². The number of carbonyl (C=O) groups is 1. The van der Waals surface area contributed by atoms with Crippen molar-refractivity contribution in [1.29, 1.82) is 0 Å². The molecule has 1 amide bonds. The Hall–Kier alpha value is -1.43. The summed E-state index contributed by atoms with van der Waals surface area (Å²) < 4.78 is 5.37. The summed E-state index contributed by atoms with van der Waals surface area (Å²) >= 11 is 0. The van der Waals surface area contributed by atoms with E-state index in [1.165, 1.54) is 19.3 Å². The zero-order valence-corrected chi connectivity index (χ0v) is 15.7. The smallest absolute Gasteiger partial charge is 0.232 e. The molecule has 1 aromatic rings. The van der Waals surface area contributed by atoms with Crippen molar-refractivity contribution in [3.05, 3.63) is 11.7 Å². The van der Waals surface area contributed by atoms with Crippen molar-refractivity contribution in [3.63, 3.8) is 0 Å². The number of carbonyl (C=O) groups excluding carboxylic acids is 1. The van der Waals surface area contributed by atoms with Crippen LogP contribution >= 0.6 is 0 Å². The van der Waals surface area contributed by atoms with Crippen molar-refractivity contribution < 1.29 is 9.32 Å². The lowest BCUT2D eigenvalue weighted by molar-refractivity contribution is -0.139. The molecule has 4 rings (SSSR count). The highest BCUT2D eigenvalue weighted by Crippen LogP contribution is 2.48. The van der Waals surface area contributed by atoms with E-state index in [4.69, 9.17) is 4.52 Å². The van der Waals surface area contributed by atoms with Crippen molar-refractivity contribution >= 4 is 5.91 Å². The number of hydrogen-bond donors (Lipinski definition) is 0. The second-order valence-corrected chi connectivity index (χ2v) is 9.15. The third kappa shape index (κ3) is 3.46. The summed E-state index contributed by atoms with van der Waals surface area (Å²) in [7, 11) is 0. The summed E-state index contributed by atoms with van der Waals surface area (Å²) in [5, 5.41) is 4.11. The average molecular weight is 346 g/mol. The van der Waals surface area contributed by atoms with E-state index in [1.807, 2.05) is 0 Å². The maximum atomic E-state index is 12.8. The van der Waals surface area contributed by atoms with Crippen molar-refractivity contribution in [2.75, 3.05) is 26.2 Å². The Morgan fingerprint density at radius 3 is 2.48 bits per heavy atom. The molecule has 0 radical (unpaired) electrons. The topological polar surface area (TPSA) is 62.5 Å². The van der Waals surface area contributed by atoms with E-state index in [-0.39, 0.29) is 5.41 Å². The van der Waals surface area contributed by atoms with E-state index in [2.05, 4.69) is 40.7 Å². The van der Waals surface area contributed by atoms with Crippen LogP contribution < -0.4 is 0 Å². The molecule has 0 aromatic carbocycles. The van der Waals surface area contributed by atoms with Crippen LogP contribution in [0.3, 0.4) is 0 Å². The maximum absolute atomic E-state index is 12.8. The number of aromatic nitrogens is 2. The fourth-order valence-corrected chi connectivity index (χ4v) is 4.73. The van der Waals surface area contributed by atoms with Gasteiger partial charge < -0.3 is 9.42 Å². The molecular formula is C19H30N4O2. The van der Waals surface area contributed by atoms with Crippen molar-refractivity contribution in [2.24, 2.45) is 17.8 Å². The van der Waals surface area contributed by atoms with Gasteiger partial charge in [-0.2, -0.15) is 4.98 Å². The molecule has 3 atom stereocenters. The van der Waals surface area contributed by atoms with E-state index >= 15 is 0 Å². The van der Waals surface area contributed by atoms with Gasteiger partial charge in [-0.05, 0) is 31.1 Å². The lowest BCUT2D eigenvalue weighted by Crippen LogP contribution is -2.50. The molecule has 3 aliphatic rings. The van der Waals surface area contributed by atoms with E-state index in [0.29, 0.717) is 30.2 Å². The van der Waals surface area contributed by atoms with Gasteiger partial charge in [0.05, 0.1) is 6.54 Å². The minimum Gasteiger partial charge on any atom is -0.340 e. The quantitative estimate of drug-likeness (QED) is 0.841. The van der Waals surface area contributed by atoms with Gasteiger partial charge in [-0.15, -0.1) is 0 Å². The first kappa shape index (κ1) is 17.0. The third-order valence-corrected chi connectivity index (χ3v) is 6.21. The van der Waals surface area contributed by atoms with E-state index in [1.54, 1.807) is 0 Å². The number of nitrogens with zero attached hydrogens (tertiary/aromatic N) is 4. The lowest BCUT2D eigenvalue weighted by atomic mass is 9.87. The molecular weight excluding hydrogens is 316 g/mol. The summed E-state index contributed by atoms with van der Waals surface area (Å²) in [5.41, 5.74) is -0.114. The number of amides is 1. The number of rotatable bonds is 3. The molecule has 3 fully saturated rings. The van der Waals surface area contributed by atoms with Gasteiger partial charge in [0.2, 0.25) is 11.8 Å². The minimum absolute atomic E-state index is 0.114. The van der Waals surface area contributed by atoms with Gasteiger partial charge in [-0.25, -0.2) is 0 Å². The van der Waals surface area contributed by atoms with Gasteiger partial charge in [-0.3, -0.25) is 9.69 Å². The first-order valence-electron chi connectivity index (χ1n) is 9.74. The van der Waals surface area contributed by atoms with Gasteiger partial charge in [0.25, 0.3) is 0 Å². The van der Waals surface area contributed by atoms with E-state index in [0.717, 1.165) is 44.3 Å². The molecule has 2 bridgehead atoms. The molecule has 0 spiro atoms. The highest BCUT2D eigenvalue weighted by molar-refractivity contribution is 5.79. The zero-order valence-electron chi connectivity index (χ0n) is 15.7. The Labute approximate surface area is 149 Å². The molecule has 0 unspecified atom stereocenters. The van der Waals surface area contributed by atoms with Crippen molar-refractivity contribution in [3.8, 4) is 0 Å². The first-order valence-corrected chi connectivity index (χ1v) is 9.74. The van der Waals surface area contributed by atoms with Crippen LogP contribution in [0.1, 0.15) is 58.2 Å². The highest BCUT2D eigenvalue weighted by atomic mass is 16.5. The van der Waals surface area contributed by atoms with Crippen LogP contribution in [0.2, 0.25) is 0 Å². The van der Waals surface area contributed by atoms with Crippen LogP contribution in [0.15, 0.2) is 4.52 Å². The minimum atomic E-state index is -0.114. The number of hydrogen-bond acceptors (Lipinski definition) is 5. The normalized spacial score (nSPS) is 30.2. The Kier molecular flexibility index (Phi) is 4.34. The number of piperazine rings is 1. The van der Waals surface area contributed by atoms with Crippen LogP contribution in [0.4, 0.5) is 0 Å². The highest BCUT2D eigenvalue weighted by Gasteiger charge is 2.44. The van der Waals surface area contributed by atoms with Crippen LogP contribution in [0.5, 0.6) is 0 Å². The maximum Gasteiger partial charge on any atom is 0.232 e. The molecule has 1 saturated heterocycles. The largest absolute Gasteiger partial charge is 0.340 e. The molecule has 25 heavy (non-hydrogen) atoms. The summed E-state index contributed by atoms with van der Waals surface area (Å²) in [6.07, 6.45) is 5.06. The van der Waals surface area contributed by atoms with Crippen LogP contribution in [0.25, 0.3) is 0 Å². The molecule has 6 heteroatoms. The fourth-order valence-electron chi connectivity index (χ4n) is 4.73. The standard InChI is InChI=1S/C19H30N4O2/c1-19(2,3)18-20-16(21-25-18)12-22-6-8-23(9-7-22)17(24)15-11-13-4-5-14(15)10-13/h13-15H,4-12H2,1-3H3/t13-,14-,15+/m0/s1. The average Bonchev–Trinajstić information content (AvgIpc) is 3.30. The summed E-state index contributed by atoms with van der Waals surface area (Å²) in [4.78, 5) is 21.8. The molecule has 138 valence electrons. The summed E-state index contributed by atoms with van der Waals surface area (Å²) in [5.74, 6) is 3.67. The van der Waals surface area contributed by atoms with Crippen molar-refractivity contribution in [2.45, 2.75) is 58.4 Å². The molecule has 2 aliphatic carbocycles. The lowest BCUT2D eigenvalue weighted by Gasteiger charge is -2.36. The summed E-state index contributed by atoms with van der Waals surface area (Å²) in [6.45, 7) is 10.4. The molecule has 6 nitrogen and oxygen atoms in total. The molecule has 0 N–H and O–H groups in total. The molecule has 2 heterocycles. The summed E-state index contributed by atoms with van der Waals surface area (Å²) in [6, 6.07) is 0. The Balaban J connectivity index is 1.28. The van der Waals surface area contributed by atoms with Crippen LogP contribution in [-0.4, -0.2) is 52.0 Å². The predicted molar refractivity (Wildman–Crippen MR) is 93.8 cm³/mol. The van der Waals surface area contributed by atoms with Crippen LogP contribution in [0, 0.1) is 17.8 Å². The van der Waals surface area contributed by atoms with Gasteiger partial charge in [0.15, 0.2) is 5.82 Å². The van der Waals surface area contributed by atoms with Gasteiger partial charge in [-0.1, -0.05) is 32.3 Å².